The van der Waals surface area contributed by atoms with Crippen molar-refractivity contribution in [1.82, 2.24) is 32.0 Å². The fourth-order valence-electron chi connectivity index (χ4n) is 13.3. The van der Waals surface area contributed by atoms with Gasteiger partial charge in [0.25, 0.3) is 17.0 Å². The van der Waals surface area contributed by atoms with Crippen molar-refractivity contribution in [3.63, 3.8) is 0 Å². The van der Waals surface area contributed by atoms with E-state index >= 15 is 0 Å². The van der Waals surface area contributed by atoms with Crippen LogP contribution in [0.4, 0.5) is 17.6 Å². The molecule has 0 radical (unpaired) electrons. The first kappa shape index (κ1) is 104. The molecule has 1 aliphatic rings. The molecule has 30 nitrogen and oxygen atoms in total. The zero-order valence-electron chi connectivity index (χ0n) is 72.3. The summed E-state index contributed by atoms with van der Waals surface area (Å²) in [6.45, 7) is 3.65. The van der Waals surface area contributed by atoms with Gasteiger partial charge in [-0.25, -0.2) is 22.4 Å². The number of methoxy groups -OCH3 is 5. The van der Waals surface area contributed by atoms with Crippen molar-refractivity contribution >= 4 is 60.7 Å². The van der Waals surface area contributed by atoms with Crippen LogP contribution in [0.25, 0.3) is 11.0 Å². The third-order valence-electron chi connectivity index (χ3n) is 20.2. The summed E-state index contributed by atoms with van der Waals surface area (Å²) in [7, 11) is 7.33. The molecular weight excluding hydrogens is 1700 g/mol. The van der Waals surface area contributed by atoms with Crippen molar-refractivity contribution in [3.05, 3.63) is 367 Å². The van der Waals surface area contributed by atoms with E-state index in [1.165, 1.54) is 139 Å². The van der Waals surface area contributed by atoms with Gasteiger partial charge in [-0.15, -0.1) is 0 Å². The first-order valence-electron chi connectivity index (χ1n) is 40.6. The number of fused-ring (bicyclic) bond motifs is 3. The molecule has 0 fully saturated rings. The Kier molecular flexibility index (Phi) is 40.8. The Balaban J connectivity index is 0.000000234. The van der Waals surface area contributed by atoms with Gasteiger partial charge in [0.1, 0.15) is 42.8 Å². The molecule has 1 aliphatic heterocycles. The molecule has 0 atom stereocenters. The molecular formula is C96H103BF4N8O22-2. The summed E-state index contributed by atoms with van der Waals surface area (Å²) in [6.07, 6.45) is 13.2. The zero-order chi connectivity index (χ0) is 93.2. The number of carbonyl (C=O) groups is 7. The Labute approximate surface area is 751 Å². The minimum Gasteiger partial charge on any atom is -0.503 e. The first-order chi connectivity index (χ1) is 62.2. The standard InChI is InChI=1S/C27H25FN2O5.C25H22FNO6.C20H21FN2O5.C20H19FN2O5.C3H9NO.CH3.BH4/c1-34-16-15-29-13-14-30-17-22(23(31)12-9-19-7-10-21(28)11-8-19)25(32)26(24(30)27(29)33)35-18-20-5-3-2-4-6-20;1-32-25(31)22-24(33-16-18-5-3-2-4-6-18)23(30)20(15-27(22)13-14-28)21(29)12-9-17-7-10-19(26)11-8-17;2*1-28-11-10-22-8-9-23-12-15(18(25)19(26)17(23)20(22)27)16(24)7-4-13-2-5-14(21)6-3-13;1-5-3-2-4;;/h2-8,10-11,13-14,17H,9,12,15-16,18H2,1H3;2-8,10-11,14-15H,9,12-13,16H2,1H3;2-3,5-6,12,26H,4,7-11H2,1H3;2-3,5-6,8-9,12,26H,4,7,10-11H2,1H3;2-4H2,1H3;1H3;1H4/q;;;;;2*-1. The van der Waals surface area contributed by atoms with E-state index in [-0.39, 0.29) is 159 Å². The topological polar surface area (TPSA) is 385 Å². The molecule has 0 saturated carbocycles. The minimum atomic E-state index is -0.884. The molecule has 13 rings (SSSR count). The molecule has 131 heavy (non-hydrogen) atoms. The summed E-state index contributed by atoms with van der Waals surface area (Å²) in [5.74, 6) is -6.61. The van der Waals surface area contributed by atoms with E-state index in [0.29, 0.717) is 84.7 Å². The summed E-state index contributed by atoms with van der Waals surface area (Å²) in [4.78, 5) is 166. The predicted molar refractivity (Wildman–Crippen MR) is 486 cm³/mol. The van der Waals surface area contributed by atoms with Gasteiger partial charge in [0.2, 0.25) is 21.7 Å². The fourth-order valence-corrected chi connectivity index (χ4v) is 13.3. The van der Waals surface area contributed by atoms with Crippen molar-refractivity contribution in [2.75, 3.05) is 81.6 Å². The van der Waals surface area contributed by atoms with Crippen molar-refractivity contribution in [2.24, 2.45) is 5.73 Å². The van der Waals surface area contributed by atoms with E-state index in [1.54, 1.807) is 92.3 Å². The van der Waals surface area contributed by atoms with Crippen LogP contribution in [0.1, 0.15) is 121 Å². The lowest BCUT2D eigenvalue weighted by Crippen LogP contribution is -2.43. The molecule has 0 spiro atoms. The molecule has 6 aromatic carbocycles. The number of aromatic nitrogens is 6. The Hall–Kier alpha value is -14.4. The molecule has 6 aromatic heterocycles. The zero-order valence-corrected chi connectivity index (χ0v) is 72.3. The molecule has 35 heteroatoms. The van der Waals surface area contributed by atoms with Crippen LogP contribution in [0.2, 0.25) is 0 Å². The molecule has 7 heterocycles. The maximum atomic E-state index is 13.4. The van der Waals surface area contributed by atoms with E-state index in [1.807, 2.05) is 36.4 Å². The number of carbonyl (C=O) groups excluding carboxylic acids is 7. The number of esters is 1. The van der Waals surface area contributed by atoms with Gasteiger partial charge < -0.3 is 93.3 Å². The molecule has 12 aromatic rings. The normalized spacial score (nSPS) is 11.2. The number of aryl methyl sites for hydroxylation is 4. The average molecular weight is 1810 g/mol. The number of amides is 1. The Morgan fingerprint density at radius 2 is 0.786 bits per heavy atom. The van der Waals surface area contributed by atoms with E-state index in [9.17, 15) is 90.1 Å². The first-order valence-corrected chi connectivity index (χ1v) is 40.6. The maximum Gasteiger partial charge on any atom is 0.358 e. The summed E-state index contributed by atoms with van der Waals surface area (Å²) in [5, 5.41) is 20.6. The number of aromatic hydroxyl groups is 2. The highest BCUT2D eigenvalue weighted by Crippen LogP contribution is 2.25. The number of hydrogen-bond donors (Lipinski definition) is 3. The molecule has 4 N–H and O–H groups in total. The molecule has 0 unspecified atom stereocenters. The number of hydrogen-bond acceptors (Lipinski definition) is 23. The second-order valence-corrected chi connectivity index (χ2v) is 28.9. The van der Waals surface area contributed by atoms with Crippen LogP contribution in [0.15, 0.2) is 236 Å². The van der Waals surface area contributed by atoms with Gasteiger partial charge in [-0.3, -0.25) is 52.7 Å². The Morgan fingerprint density at radius 1 is 0.420 bits per heavy atom. The van der Waals surface area contributed by atoms with Crippen molar-refractivity contribution in [2.45, 2.75) is 90.8 Å². The molecule has 692 valence electrons. The fraction of sp³-hybridized carbons (Fsp3) is 0.271. The van der Waals surface area contributed by atoms with Gasteiger partial charge in [-0.1, -0.05) is 118 Å². The van der Waals surface area contributed by atoms with Crippen LogP contribution in [0, 0.1) is 30.7 Å². The number of nitrogens with zero attached hydrogens (tertiary/aromatic N) is 7. The Bertz CT molecular complexity index is 6310. The van der Waals surface area contributed by atoms with Gasteiger partial charge >= 0.3 is 5.97 Å². The lowest BCUT2D eigenvalue weighted by Gasteiger charge is -2.30. The van der Waals surface area contributed by atoms with Gasteiger partial charge in [0, 0.05) is 143 Å². The van der Waals surface area contributed by atoms with E-state index in [4.69, 9.17) is 34.2 Å². The number of ether oxygens (including phenoxy) is 7. The van der Waals surface area contributed by atoms with Gasteiger partial charge in [-0.2, -0.15) is 0 Å². The number of aldehydes is 1. The quantitative estimate of drug-likeness (QED) is 0.00823. The lowest BCUT2D eigenvalue weighted by atomic mass is 10.0. The predicted octanol–water partition coefficient (Wildman–Crippen LogP) is 8.98. The lowest BCUT2D eigenvalue weighted by molar-refractivity contribution is -0.108. The highest BCUT2D eigenvalue weighted by Gasteiger charge is 2.32. The second-order valence-electron chi connectivity index (χ2n) is 28.9. The third-order valence-corrected chi connectivity index (χ3v) is 20.2. The number of rotatable bonds is 36. The van der Waals surface area contributed by atoms with Crippen LogP contribution in [-0.4, -0.2) is 174 Å². The number of benzene rings is 6. The number of nitrogens with two attached hydrogens (primary N) is 1. The summed E-state index contributed by atoms with van der Waals surface area (Å²) < 4.78 is 96.1. The molecule has 0 bridgehead atoms. The van der Waals surface area contributed by atoms with Crippen molar-refractivity contribution < 1.29 is 94.5 Å². The Morgan fingerprint density at radius 3 is 1.18 bits per heavy atom. The highest BCUT2D eigenvalue weighted by atomic mass is 19.1. The molecule has 1 amide bonds. The van der Waals surface area contributed by atoms with Crippen molar-refractivity contribution in [3.8, 4) is 23.0 Å². The van der Waals surface area contributed by atoms with Crippen LogP contribution < -0.4 is 48.0 Å². The second kappa shape index (κ2) is 51.6. The maximum absolute atomic E-state index is 13.4. The van der Waals surface area contributed by atoms with E-state index in [2.05, 4.69) is 4.74 Å². The van der Waals surface area contributed by atoms with Crippen molar-refractivity contribution in [1.29, 1.82) is 0 Å². The van der Waals surface area contributed by atoms with Gasteiger partial charge in [0.15, 0.2) is 68.6 Å². The minimum absolute atomic E-state index is 0. The van der Waals surface area contributed by atoms with E-state index < -0.39 is 73.6 Å². The monoisotopic (exact) mass is 1810 g/mol. The smallest absolute Gasteiger partial charge is 0.358 e. The average Bonchev–Trinajstić information content (AvgIpc) is 0.775. The van der Waals surface area contributed by atoms with Crippen LogP contribution >= 0.6 is 0 Å². The third kappa shape index (κ3) is 28.3. The van der Waals surface area contributed by atoms with Gasteiger partial charge in [-0.05, 0) is 108 Å². The molecule has 0 saturated heterocycles. The number of ketones is 4. The largest absolute Gasteiger partial charge is 0.503 e. The summed E-state index contributed by atoms with van der Waals surface area (Å²) in [6, 6.07) is 41.2. The van der Waals surface area contributed by atoms with Crippen LogP contribution in [-0.2, 0) is 93.6 Å². The van der Waals surface area contributed by atoms with E-state index in [0.717, 1.165) is 40.5 Å². The van der Waals surface area contributed by atoms with Gasteiger partial charge in [0.05, 0.1) is 62.3 Å². The summed E-state index contributed by atoms with van der Waals surface area (Å²) >= 11 is 0. The highest BCUT2D eigenvalue weighted by molar-refractivity contribution is 6.01. The van der Waals surface area contributed by atoms with Crippen LogP contribution in [0.5, 0.6) is 23.0 Å². The van der Waals surface area contributed by atoms with Crippen LogP contribution in [0.3, 0.4) is 0 Å². The molecule has 0 aliphatic carbocycles. The SMILES string of the molecule is COC(=O)c1c(OCc2ccccc2)c(=O)c(C(=O)CCc2ccc(F)cc2)cn1CC=O.COCCN.COCCN1CCn2cc(C(=O)CCc3ccc(F)cc3)c(=O)c(O)c2C1=O.COCCn1ccn2cc(C(=O)CCc3ccc(F)cc3)c(=O)c(O)c2c1=O.COCCn1ccn2cc(C(=O)CCc3ccc(F)cc3)c(=O)c(OCc3ccccc3)c2c1=O.[BH4-].[CH3-]. The number of pyridine rings is 4. The summed E-state index contributed by atoms with van der Waals surface area (Å²) in [5.41, 5.74) is 4.34. The number of Topliss-reactive ketones (excluding diaryl/α,β-unsaturated/α-hetero) is 4. The number of halogens is 4.